The van der Waals surface area contributed by atoms with E-state index in [0.29, 0.717) is 5.37 Å². The molecule has 0 amide bonds. The molecule has 1 atom stereocenters. The predicted molar refractivity (Wildman–Crippen MR) is 64.8 cm³/mol. The van der Waals surface area contributed by atoms with Gasteiger partial charge in [0, 0.05) is 6.20 Å². The van der Waals surface area contributed by atoms with Gasteiger partial charge in [-0.25, -0.2) is 0 Å². The monoisotopic (exact) mass is 263 g/mol. The van der Waals surface area contributed by atoms with Gasteiger partial charge in [-0.2, -0.15) is 0 Å². The largest absolute Gasteiger partial charge is 0.377 e. The summed E-state index contributed by atoms with van der Waals surface area (Å²) in [6.45, 7) is 4.54. The van der Waals surface area contributed by atoms with Crippen molar-refractivity contribution in [1.82, 2.24) is 5.32 Å². The van der Waals surface area contributed by atoms with Crippen LogP contribution in [0, 0.1) is 5.92 Å². The minimum Gasteiger partial charge on any atom is -0.377 e. The van der Waals surface area contributed by atoms with Crippen LogP contribution in [0.3, 0.4) is 0 Å². The van der Waals surface area contributed by atoms with Crippen molar-refractivity contribution >= 4 is 27.7 Å². The highest BCUT2D eigenvalue weighted by molar-refractivity contribution is 9.14. The molecule has 1 aliphatic rings. The van der Waals surface area contributed by atoms with Crippen molar-refractivity contribution in [2.24, 2.45) is 5.92 Å². The highest BCUT2D eigenvalue weighted by Gasteiger charge is 2.23. The second-order valence-corrected chi connectivity index (χ2v) is 6.05. The normalized spacial score (nSPS) is 21.8. The second-order valence-electron chi connectivity index (χ2n) is 3.49. The molecule has 1 unspecified atom stereocenters. The third-order valence-corrected chi connectivity index (χ3v) is 4.26. The zero-order valence-electron chi connectivity index (χ0n) is 8.35. The van der Waals surface area contributed by atoms with Gasteiger partial charge in [-0.1, -0.05) is 38.5 Å². The van der Waals surface area contributed by atoms with Crippen LogP contribution in [0.1, 0.15) is 39.5 Å². The minimum absolute atomic E-state index is 0.606. The van der Waals surface area contributed by atoms with Gasteiger partial charge in [-0.3, -0.25) is 0 Å². The maximum atomic E-state index is 3.51. The quantitative estimate of drug-likeness (QED) is 0.803. The summed E-state index contributed by atoms with van der Waals surface area (Å²) in [6.07, 6.45) is 7.34. The number of thioether (sulfide) groups is 1. The Morgan fingerprint density at radius 1 is 1.46 bits per heavy atom. The van der Waals surface area contributed by atoms with Crippen molar-refractivity contribution in [3.05, 3.63) is 10.0 Å². The molecule has 0 aromatic heterocycles. The van der Waals surface area contributed by atoms with E-state index in [4.69, 9.17) is 0 Å². The second kappa shape index (κ2) is 5.97. The van der Waals surface area contributed by atoms with Crippen molar-refractivity contribution in [2.45, 2.75) is 44.9 Å². The van der Waals surface area contributed by atoms with Crippen LogP contribution in [0.5, 0.6) is 0 Å². The maximum Gasteiger partial charge on any atom is 0.0798 e. The van der Waals surface area contributed by atoms with Gasteiger partial charge >= 0.3 is 0 Å². The molecular weight excluding hydrogens is 246 g/mol. The first-order chi connectivity index (χ1) is 6.27. The van der Waals surface area contributed by atoms with Gasteiger partial charge in [0.2, 0.25) is 0 Å². The van der Waals surface area contributed by atoms with Crippen molar-refractivity contribution in [2.75, 3.05) is 0 Å². The van der Waals surface area contributed by atoms with E-state index in [1.165, 1.54) is 29.5 Å². The molecule has 0 saturated heterocycles. The van der Waals surface area contributed by atoms with E-state index in [-0.39, 0.29) is 0 Å². The summed E-state index contributed by atoms with van der Waals surface area (Å²) in [5.74, 6) is 0.825. The first-order valence-corrected chi connectivity index (χ1v) is 6.73. The lowest BCUT2D eigenvalue weighted by Crippen LogP contribution is -2.26. The van der Waals surface area contributed by atoms with Gasteiger partial charge in [0.1, 0.15) is 0 Å². The standard InChI is InChI=1S/C10H18BrNS/c1-3-5-8(6-4-2)10-12-7-9(11)13-10/h7-8,10,12H,3-6H2,1-2H3. The summed E-state index contributed by atoms with van der Waals surface area (Å²) in [5.41, 5.74) is 0. The molecule has 0 spiro atoms. The highest BCUT2D eigenvalue weighted by Crippen LogP contribution is 2.37. The summed E-state index contributed by atoms with van der Waals surface area (Å²) in [4.78, 5) is 0. The zero-order chi connectivity index (χ0) is 9.68. The van der Waals surface area contributed by atoms with Crippen LogP contribution in [0.4, 0.5) is 0 Å². The molecule has 0 bridgehead atoms. The van der Waals surface area contributed by atoms with E-state index in [1.807, 2.05) is 11.8 Å². The van der Waals surface area contributed by atoms with Gasteiger partial charge in [0.05, 0.1) is 9.19 Å². The molecule has 0 aromatic rings. The Hall–Kier alpha value is 0.370. The lowest BCUT2D eigenvalue weighted by Gasteiger charge is -2.22. The van der Waals surface area contributed by atoms with Crippen LogP contribution in [-0.2, 0) is 0 Å². The topological polar surface area (TPSA) is 12.0 Å². The summed E-state index contributed by atoms with van der Waals surface area (Å²) >= 11 is 5.43. The van der Waals surface area contributed by atoms with E-state index in [1.54, 1.807) is 0 Å². The van der Waals surface area contributed by atoms with Crippen LogP contribution in [0.15, 0.2) is 10.0 Å². The Balaban J connectivity index is 2.37. The minimum atomic E-state index is 0.606. The van der Waals surface area contributed by atoms with Crippen LogP contribution < -0.4 is 5.32 Å². The van der Waals surface area contributed by atoms with Crippen LogP contribution in [-0.4, -0.2) is 5.37 Å². The molecule has 0 aromatic carbocycles. The van der Waals surface area contributed by atoms with E-state index in [2.05, 4.69) is 41.3 Å². The fraction of sp³-hybridized carbons (Fsp3) is 0.800. The van der Waals surface area contributed by atoms with E-state index < -0.39 is 0 Å². The molecule has 76 valence electrons. The lowest BCUT2D eigenvalue weighted by atomic mass is 9.98. The molecule has 0 saturated carbocycles. The lowest BCUT2D eigenvalue weighted by molar-refractivity contribution is 0.409. The van der Waals surface area contributed by atoms with Crippen molar-refractivity contribution in [3.63, 3.8) is 0 Å². The molecular formula is C10H18BrNS. The van der Waals surface area contributed by atoms with Crippen molar-refractivity contribution in [1.29, 1.82) is 0 Å². The smallest absolute Gasteiger partial charge is 0.0798 e. The first-order valence-electron chi connectivity index (χ1n) is 5.06. The van der Waals surface area contributed by atoms with Crippen molar-refractivity contribution < 1.29 is 0 Å². The summed E-state index contributed by atoms with van der Waals surface area (Å²) in [7, 11) is 0. The fourth-order valence-corrected chi connectivity index (χ4v) is 3.47. The zero-order valence-corrected chi connectivity index (χ0v) is 10.7. The average Bonchev–Trinajstić information content (AvgIpc) is 2.51. The molecule has 1 heterocycles. The molecule has 0 radical (unpaired) electrons. The van der Waals surface area contributed by atoms with Crippen molar-refractivity contribution in [3.8, 4) is 0 Å². The Kier molecular flexibility index (Phi) is 5.25. The Bertz CT molecular complexity index is 176. The highest BCUT2D eigenvalue weighted by atomic mass is 79.9. The molecule has 13 heavy (non-hydrogen) atoms. The van der Waals surface area contributed by atoms with E-state index in [0.717, 1.165) is 5.92 Å². The Morgan fingerprint density at radius 2 is 2.08 bits per heavy atom. The van der Waals surface area contributed by atoms with Gasteiger partial charge < -0.3 is 5.32 Å². The molecule has 1 aliphatic heterocycles. The third kappa shape index (κ3) is 3.55. The third-order valence-electron chi connectivity index (χ3n) is 2.35. The first kappa shape index (κ1) is 11.4. The number of nitrogens with one attached hydrogen (secondary N) is 1. The van der Waals surface area contributed by atoms with Gasteiger partial charge in [0.25, 0.3) is 0 Å². The van der Waals surface area contributed by atoms with Crippen LogP contribution in [0.25, 0.3) is 0 Å². The maximum absolute atomic E-state index is 3.51. The molecule has 0 fully saturated rings. The number of hydrogen-bond acceptors (Lipinski definition) is 2. The molecule has 1 N–H and O–H groups in total. The van der Waals surface area contributed by atoms with Gasteiger partial charge in [-0.15, -0.1) is 0 Å². The van der Waals surface area contributed by atoms with Gasteiger partial charge in [0.15, 0.2) is 0 Å². The molecule has 3 heteroatoms. The molecule has 1 nitrogen and oxygen atoms in total. The fourth-order valence-electron chi connectivity index (χ4n) is 1.76. The van der Waals surface area contributed by atoms with E-state index >= 15 is 0 Å². The number of hydrogen-bond donors (Lipinski definition) is 1. The van der Waals surface area contributed by atoms with Gasteiger partial charge in [-0.05, 0) is 34.7 Å². The Morgan fingerprint density at radius 3 is 2.46 bits per heavy atom. The molecule has 0 aliphatic carbocycles. The summed E-state index contributed by atoms with van der Waals surface area (Å²) in [6, 6.07) is 0. The summed E-state index contributed by atoms with van der Waals surface area (Å²) < 4.78 is 1.25. The van der Waals surface area contributed by atoms with Crippen LogP contribution >= 0.6 is 27.7 Å². The van der Waals surface area contributed by atoms with Crippen LogP contribution in [0.2, 0.25) is 0 Å². The predicted octanol–water partition coefficient (Wildman–Crippen LogP) is 4.06. The Labute approximate surface area is 93.9 Å². The molecule has 1 rings (SSSR count). The summed E-state index contributed by atoms with van der Waals surface area (Å²) in [5, 5.41) is 4.04. The average molecular weight is 264 g/mol. The SMILES string of the molecule is CCCC(CCC)C1NC=C(Br)S1. The number of halogens is 1. The number of rotatable bonds is 5. The van der Waals surface area contributed by atoms with E-state index in [9.17, 15) is 0 Å².